The molecule has 3 heterocycles. The second kappa shape index (κ2) is 12.1. The average Bonchev–Trinajstić information content (AvgIpc) is 3.72. The van der Waals surface area contributed by atoms with E-state index < -0.39 is 0 Å². The van der Waals surface area contributed by atoms with Gasteiger partial charge in [0.15, 0.2) is 5.84 Å². The van der Waals surface area contributed by atoms with Crippen molar-refractivity contribution < 1.29 is 4.42 Å². The predicted molar refractivity (Wildman–Crippen MR) is 216 cm³/mol. The first-order valence-corrected chi connectivity index (χ1v) is 17.7. The zero-order valence-electron chi connectivity index (χ0n) is 29.1. The zero-order valence-corrected chi connectivity index (χ0v) is 29.1. The highest BCUT2D eigenvalue weighted by atomic mass is 16.3. The summed E-state index contributed by atoms with van der Waals surface area (Å²) >= 11 is 0. The summed E-state index contributed by atoms with van der Waals surface area (Å²) in [6, 6.07) is 52.2. The SMILES string of the molecule is Cn1c(=O)n(C)c2cc(-c3ccc(C4=NC(c5ccc(-c6cccc7oc8ccc9ccccc9c8c67)cc5)=NC(c5ccccc5)N4)cc3)ccc21. The maximum Gasteiger partial charge on any atom is 0.328 e. The molecule has 0 amide bonds. The van der Waals surface area contributed by atoms with E-state index in [1.807, 2.05) is 37.4 Å². The van der Waals surface area contributed by atoms with Gasteiger partial charge in [-0.05, 0) is 62.9 Å². The molecule has 53 heavy (non-hydrogen) atoms. The molecule has 7 aromatic carbocycles. The van der Waals surface area contributed by atoms with Crippen LogP contribution < -0.4 is 11.0 Å². The number of imidazole rings is 1. The summed E-state index contributed by atoms with van der Waals surface area (Å²) in [7, 11) is 3.61. The third kappa shape index (κ3) is 5.08. The fourth-order valence-corrected chi connectivity index (χ4v) is 7.66. The molecular formula is C46H33N5O2. The molecule has 7 heteroatoms. The van der Waals surface area contributed by atoms with Gasteiger partial charge in [0.05, 0.1) is 11.0 Å². The molecule has 0 fully saturated rings. The van der Waals surface area contributed by atoms with Gasteiger partial charge in [-0.15, -0.1) is 0 Å². The Kier molecular flexibility index (Phi) is 7.01. The van der Waals surface area contributed by atoms with E-state index in [0.29, 0.717) is 5.84 Å². The first-order chi connectivity index (χ1) is 26.0. The second-order valence-corrected chi connectivity index (χ2v) is 13.6. The van der Waals surface area contributed by atoms with Crippen molar-refractivity contribution >= 4 is 55.4 Å². The maximum absolute atomic E-state index is 12.5. The summed E-state index contributed by atoms with van der Waals surface area (Å²) in [5, 5.41) is 8.21. The molecule has 2 aromatic heterocycles. The van der Waals surface area contributed by atoms with Crippen molar-refractivity contribution in [2.75, 3.05) is 0 Å². The minimum atomic E-state index is -0.306. The topological polar surface area (TPSA) is 76.8 Å². The minimum Gasteiger partial charge on any atom is -0.456 e. The molecule has 7 nitrogen and oxygen atoms in total. The van der Waals surface area contributed by atoms with E-state index in [0.717, 1.165) is 77.8 Å². The smallest absolute Gasteiger partial charge is 0.328 e. The minimum absolute atomic E-state index is 0.0355. The van der Waals surface area contributed by atoms with Gasteiger partial charge < -0.3 is 9.73 Å². The Hall–Kier alpha value is -6.99. The summed E-state index contributed by atoms with van der Waals surface area (Å²) in [5.74, 6) is 1.42. The number of benzene rings is 7. The molecule has 0 saturated heterocycles. The molecular weight excluding hydrogens is 655 g/mol. The Balaban J connectivity index is 1.02. The fourth-order valence-electron chi connectivity index (χ4n) is 7.66. The molecule has 0 bridgehead atoms. The van der Waals surface area contributed by atoms with Crippen LogP contribution in [0.25, 0.3) is 66.0 Å². The van der Waals surface area contributed by atoms with E-state index in [-0.39, 0.29) is 11.9 Å². The largest absolute Gasteiger partial charge is 0.456 e. The number of hydrogen-bond acceptors (Lipinski definition) is 5. The quantitative estimate of drug-likeness (QED) is 0.196. The van der Waals surface area contributed by atoms with Crippen LogP contribution in [0.5, 0.6) is 0 Å². The average molecular weight is 688 g/mol. The van der Waals surface area contributed by atoms with E-state index in [1.165, 1.54) is 10.8 Å². The Morgan fingerprint density at radius 1 is 0.585 bits per heavy atom. The van der Waals surface area contributed by atoms with Gasteiger partial charge in [0.1, 0.15) is 23.2 Å². The molecule has 1 N–H and O–H groups in total. The molecule has 1 aliphatic heterocycles. The molecule has 9 aromatic rings. The van der Waals surface area contributed by atoms with Crippen molar-refractivity contribution in [3.63, 3.8) is 0 Å². The highest BCUT2D eigenvalue weighted by molar-refractivity contribution is 6.22. The van der Waals surface area contributed by atoms with Gasteiger partial charge in [0.25, 0.3) is 0 Å². The number of furan rings is 1. The van der Waals surface area contributed by atoms with Gasteiger partial charge in [0, 0.05) is 36.0 Å². The third-order valence-electron chi connectivity index (χ3n) is 10.5. The van der Waals surface area contributed by atoms with Gasteiger partial charge in [-0.25, -0.2) is 14.8 Å². The maximum atomic E-state index is 12.5. The Labute approximate surface area is 304 Å². The first-order valence-electron chi connectivity index (χ1n) is 17.7. The van der Waals surface area contributed by atoms with Crippen LogP contribution in [0, 0.1) is 0 Å². The summed E-state index contributed by atoms with van der Waals surface area (Å²) in [6.07, 6.45) is -0.306. The number of aliphatic imine (C=N–C) groups is 2. The Bertz CT molecular complexity index is 3000. The van der Waals surface area contributed by atoms with Crippen LogP contribution in [-0.4, -0.2) is 20.8 Å². The summed E-state index contributed by atoms with van der Waals surface area (Å²) < 4.78 is 9.71. The van der Waals surface area contributed by atoms with Gasteiger partial charge in [0.2, 0.25) is 0 Å². The molecule has 0 spiro atoms. The third-order valence-corrected chi connectivity index (χ3v) is 10.5. The molecule has 1 unspecified atom stereocenters. The molecule has 1 aliphatic rings. The summed E-state index contributed by atoms with van der Waals surface area (Å²) in [4.78, 5) is 22.7. The standard InChI is InChI=1S/C46H33N5O2/c1-50-37-25-23-34(27-38(37)51(2)46(50)52)28-15-19-32(20-16-28)44-47-43(31-10-4-3-5-11-31)48-45(49-44)33-21-17-30(18-22-33)36-13-8-14-39-41(36)42-35-12-7-6-9-29(35)24-26-40(42)53-39/h3-27,43H,1-2H3,(H,47,48,49). The van der Waals surface area contributed by atoms with Crippen molar-refractivity contribution in [1.29, 1.82) is 0 Å². The molecule has 1 atom stereocenters. The number of rotatable bonds is 5. The molecule has 10 rings (SSSR count). The number of amidine groups is 2. The van der Waals surface area contributed by atoms with Crippen LogP contribution in [-0.2, 0) is 14.1 Å². The fraction of sp³-hybridized carbons (Fsp3) is 0.0652. The Morgan fingerprint density at radius 3 is 2.09 bits per heavy atom. The number of nitrogens with one attached hydrogen (secondary N) is 1. The van der Waals surface area contributed by atoms with Crippen molar-refractivity contribution in [1.82, 2.24) is 14.5 Å². The number of fused-ring (bicyclic) bond motifs is 6. The van der Waals surface area contributed by atoms with Gasteiger partial charge in [-0.2, -0.15) is 0 Å². The van der Waals surface area contributed by atoms with Crippen LogP contribution in [0.4, 0.5) is 0 Å². The lowest BCUT2D eigenvalue weighted by atomic mass is 9.96. The van der Waals surface area contributed by atoms with Crippen molar-refractivity contribution in [3.8, 4) is 22.3 Å². The van der Waals surface area contributed by atoms with Crippen molar-refractivity contribution in [2.45, 2.75) is 6.17 Å². The van der Waals surface area contributed by atoms with Crippen LogP contribution >= 0.6 is 0 Å². The zero-order chi connectivity index (χ0) is 35.6. The van der Waals surface area contributed by atoms with Crippen molar-refractivity contribution in [2.24, 2.45) is 24.1 Å². The highest BCUT2D eigenvalue weighted by Crippen LogP contribution is 2.40. The number of nitrogens with zero attached hydrogens (tertiary/aromatic N) is 4. The molecule has 0 saturated carbocycles. The van der Waals surface area contributed by atoms with E-state index in [2.05, 4.69) is 127 Å². The van der Waals surface area contributed by atoms with E-state index in [4.69, 9.17) is 14.4 Å². The number of aromatic nitrogens is 2. The van der Waals surface area contributed by atoms with Gasteiger partial charge in [-0.1, -0.05) is 127 Å². The lowest BCUT2D eigenvalue weighted by Gasteiger charge is -2.24. The highest BCUT2D eigenvalue weighted by Gasteiger charge is 2.22. The lowest BCUT2D eigenvalue weighted by Crippen LogP contribution is -2.33. The normalized spacial score (nSPS) is 14.5. The monoisotopic (exact) mass is 687 g/mol. The predicted octanol–water partition coefficient (Wildman–Crippen LogP) is 9.76. The van der Waals surface area contributed by atoms with Crippen LogP contribution in [0.2, 0.25) is 0 Å². The lowest BCUT2D eigenvalue weighted by molar-refractivity contribution is 0.669. The van der Waals surface area contributed by atoms with Gasteiger partial charge in [-0.3, -0.25) is 9.13 Å². The molecule has 254 valence electrons. The van der Waals surface area contributed by atoms with Gasteiger partial charge >= 0.3 is 5.69 Å². The summed E-state index contributed by atoms with van der Waals surface area (Å²) in [6.45, 7) is 0. The van der Waals surface area contributed by atoms with Crippen LogP contribution in [0.1, 0.15) is 22.9 Å². The Morgan fingerprint density at radius 2 is 1.26 bits per heavy atom. The first kappa shape index (κ1) is 30.8. The number of hydrogen-bond donors (Lipinski definition) is 1. The van der Waals surface area contributed by atoms with Crippen molar-refractivity contribution in [3.05, 3.63) is 179 Å². The van der Waals surface area contributed by atoms with Crippen LogP contribution in [0.15, 0.2) is 171 Å². The van der Waals surface area contributed by atoms with E-state index >= 15 is 0 Å². The second-order valence-electron chi connectivity index (χ2n) is 13.6. The summed E-state index contributed by atoms with van der Waals surface area (Å²) in [5.41, 5.74) is 10.8. The number of aryl methyl sites for hydroxylation is 2. The molecule has 0 aliphatic carbocycles. The van der Waals surface area contributed by atoms with E-state index in [1.54, 1.807) is 16.2 Å². The van der Waals surface area contributed by atoms with Crippen LogP contribution in [0.3, 0.4) is 0 Å². The molecule has 0 radical (unpaired) electrons. The van der Waals surface area contributed by atoms with E-state index in [9.17, 15) is 4.79 Å².